The van der Waals surface area contributed by atoms with Crippen molar-refractivity contribution < 1.29 is 27.9 Å². The quantitative estimate of drug-likeness (QED) is 0.480. The molecular weight excluding hydrogens is 489 g/mol. The van der Waals surface area contributed by atoms with Gasteiger partial charge in [0.15, 0.2) is 0 Å². The van der Waals surface area contributed by atoms with Crippen LogP contribution < -0.4 is 10.1 Å². The van der Waals surface area contributed by atoms with Crippen LogP contribution >= 0.6 is 0 Å². The van der Waals surface area contributed by atoms with Crippen LogP contribution in [0.15, 0.2) is 41.0 Å². The van der Waals surface area contributed by atoms with Crippen LogP contribution in [0.3, 0.4) is 0 Å². The number of hydrogen-bond acceptors (Lipinski definition) is 6. The summed E-state index contributed by atoms with van der Waals surface area (Å²) in [7, 11) is 1.53. The van der Waals surface area contributed by atoms with Crippen molar-refractivity contribution in [2.24, 2.45) is 0 Å². The Hall–Kier alpha value is -3.72. The molecule has 1 aromatic heterocycles. The maximum absolute atomic E-state index is 14.7. The van der Waals surface area contributed by atoms with Crippen molar-refractivity contribution in [1.82, 2.24) is 15.1 Å². The zero-order chi connectivity index (χ0) is 26.4. The second kappa shape index (κ2) is 9.54. The number of fused-ring (bicyclic) bond motifs is 5. The van der Waals surface area contributed by atoms with Crippen molar-refractivity contribution in [2.45, 2.75) is 50.2 Å². The molecule has 2 amide bonds. The number of hydrogen-bond donors (Lipinski definition) is 1. The van der Waals surface area contributed by atoms with E-state index in [1.807, 2.05) is 18.2 Å². The van der Waals surface area contributed by atoms with Gasteiger partial charge in [0.25, 0.3) is 5.91 Å². The summed E-state index contributed by atoms with van der Waals surface area (Å²) in [4.78, 5) is 40.6. The first kappa shape index (κ1) is 24.6. The molecule has 1 atom stereocenters. The predicted molar refractivity (Wildman–Crippen MR) is 137 cm³/mol. The Morgan fingerprint density at radius 3 is 2.79 bits per heavy atom. The highest BCUT2D eigenvalue weighted by atomic mass is 19.1. The van der Waals surface area contributed by atoms with E-state index < -0.39 is 6.04 Å². The average Bonchev–Trinajstić information content (AvgIpc) is 3.64. The van der Waals surface area contributed by atoms with Gasteiger partial charge in [0, 0.05) is 53.1 Å². The monoisotopic (exact) mass is 519 g/mol. The molecule has 8 nitrogen and oxygen atoms in total. The largest absolute Gasteiger partial charge is 0.492 e. The summed E-state index contributed by atoms with van der Waals surface area (Å²) >= 11 is 0. The molecule has 1 N–H and O–H groups in total. The van der Waals surface area contributed by atoms with Crippen molar-refractivity contribution in [3.8, 4) is 5.75 Å². The first-order chi connectivity index (χ1) is 18.5. The second-order valence-corrected chi connectivity index (χ2v) is 10.5. The lowest BCUT2D eigenvalue weighted by molar-refractivity contribution is -0.125. The first-order valence-electron chi connectivity index (χ1n) is 13.1. The highest BCUT2D eigenvalue weighted by Crippen LogP contribution is 2.49. The van der Waals surface area contributed by atoms with Crippen molar-refractivity contribution in [1.29, 1.82) is 0 Å². The summed E-state index contributed by atoms with van der Waals surface area (Å²) in [6, 6.07) is 8.10. The predicted octanol–water partition coefficient (Wildman–Crippen LogP) is 3.55. The minimum Gasteiger partial charge on any atom is -0.492 e. The number of carbonyl (C=O) groups excluding carboxylic acids is 3. The maximum Gasteiger partial charge on any atom is 0.255 e. The van der Waals surface area contributed by atoms with Gasteiger partial charge >= 0.3 is 0 Å². The Balaban J connectivity index is 1.21. The van der Waals surface area contributed by atoms with Gasteiger partial charge in [0.05, 0.1) is 19.4 Å². The molecule has 2 aromatic carbocycles. The smallest absolute Gasteiger partial charge is 0.255 e. The molecular formula is C29H30FN3O5. The molecule has 1 fully saturated rings. The molecule has 4 heterocycles. The number of amides is 2. The van der Waals surface area contributed by atoms with Crippen LogP contribution in [0.1, 0.15) is 52.7 Å². The van der Waals surface area contributed by atoms with Crippen LogP contribution in [-0.2, 0) is 28.1 Å². The third kappa shape index (κ3) is 3.88. The Morgan fingerprint density at radius 1 is 1.21 bits per heavy atom. The molecule has 0 radical (unpaired) electrons. The lowest BCUT2D eigenvalue weighted by Crippen LogP contribution is -2.46. The van der Waals surface area contributed by atoms with E-state index in [0.29, 0.717) is 29.9 Å². The molecule has 9 heteroatoms. The number of aldehydes is 1. The fourth-order valence-corrected chi connectivity index (χ4v) is 6.34. The minimum absolute atomic E-state index is 0.158. The summed E-state index contributed by atoms with van der Waals surface area (Å²) in [5.74, 6) is 0.0443. The maximum atomic E-state index is 14.7. The Labute approximate surface area is 219 Å². The van der Waals surface area contributed by atoms with Gasteiger partial charge in [0.1, 0.15) is 29.5 Å². The van der Waals surface area contributed by atoms with E-state index in [-0.39, 0.29) is 42.4 Å². The summed E-state index contributed by atoms with van der Waals surface area (Å²) in [6.45, 7) is 2.93. The zero-order valence-electron chi connectivity index (χ0n) is 21.3. The average molecular weight is 520 g/mol. The van der Waals surface area contributed by atoms with Gasteiger partial charge < -0.3 is 24.2 Å². The molecule has 1 saturated heterocycles. The van der Waals surface area contributed by atoms with Gasteiger partial charge in [-0.3, -0.25) is 14.5 Å². The molecule has 6 rings (SSSR count). The summed E-state index contributed by atoms with van der Waals surface area (Å²) in [6.07, 6.45) is 4.56. The number of benzene rings is 2. The number of ether oxygens (including phenoxy) is 1. The highest BCUT2D eigenvalue weighted by Gasteiger charge is 2.47. The number of carbonyl (C=O) groups is 3. The van der Waals surface area contributed by atoms with Crippen LogP contribution in [-0.4, -0.2) is 60.7 Å². The zero-order valence-corrected chi connectivity index (χ0v) is 21.3. The molecule has 198 valence electrons. The van der Waals surface area contributed by atoms with Gasteiger partial charge in [-0.05, 0) is 56.6 Å². The summed E-state index contributed by atoms with van der Waals surface area (Å²) < 4.78 is 26.4. The molecule has 0 aliphatic carbocycles. The fraction of sp³-hybridized carbons (Fsp3) is 0.414. The molecule has 1 unspecified atom stereocenters. The van der Waals surface area contributed by atoms with Gasteiger partial charge in [-0.2, -0.15) is 0 Å². The molecule has 3 aliphatic rings. The molecule has 0 saturated carbocycles. The van der Waals surface area contributed by atoms with Gasteiger partial charge in [0.2, 0.25) is 5.91 Å². The molecule has 0 bridgehead atoms. The van der Waals surface area contributed by atoms with Crippen LogP contribution in [0.25, 0.3) is 11.0 Å². The van der Waals surface area contributed by atoms with E-state index in [2.05, 4.69) is 10.2 Å². The number of rotatable bonds is 7. The lowest BCUT2D eigenvalue weighted by atomic mass is 9.74. The molecule has 38 heavy (non-hydrogen) atoms. The van der Waals surface area contributed by atoms with E-state index >= 15 is 0 Å². The van der Waals surface area contributed by atoms with E-state index in [4.69, 9.17) is 9.15 Å². The number of nitrogens with zero attached hydrogens (tertiary/aromatic N) is 2. The van der Waals surface area contributed by atoms with Crippen LogP contribution in [0.2, 0.25) is 0 Å². The topological polar surface area (TPSA) is 92.1 Å². The minimum atomic E-state index is -0.709. The van der Waals surface area contributed by atoms with Crippen molar-refractivity contribution >= 4 is 29.1 Å². The number of piperidine rings is 1. The van der Waals surface area contributed by atoms with Gasteiger partial charge in [-0.15, -0.1) is 0 Å². The van der Waals surface area contributed by atoms with Crippen LogP contribution in [0, 0.1) is 5.82 Å². The highest BCUT2D eigenvalue weighted by molar-refractivity contribution is 6.02. The Kier molecular flexibility index (Phi) is 6.18. The summed E-state index contributed by atoms with van der Waals surface area (Å²) in [5.41, 5.74) is 3.68. The van der Waals surface area contributed by atoms with Gasteiger partial charge in [-0.1, -0.05) is 6.07 Å². The van der Waals surface area contributed by atoms with Crippen LogP contribution in [0.4, 0.5) is 4.39 Å². The second-order valence-electron chi connectivity index (χ2n) is 10.5. The van der Waals surface area contributed by atoms with Crippen LogP contribution in [0.5, 0.6) is 5.75 Å². The fourth-order valence-electron chi connectivity index (χ4n) is 6.34. The SMILES string of the molecule is CNC(=O)C(CCC=O)N1Cc2c(ccc3c2OCC32CCN(Cc3c(F)ccc4occc34)CC2)C1=O. The third-order valence-corrected chi connectivity index (χ3v) is 8.51. The lowest BCUT2D eigenvalue weighted by Gasteiger charge is -2.38. The number of likely N-dealkylation sites (N-methyl/N-ethyl adjacent to an activating group) is 1. The third-order valence-electron chi connectivity index (χ3n) is 8.51. The summed E-state index contributed by atoms with van der Waals surface area (Å²) in [5, 5.41) is 3.43. The van der Waals surface area contributed by atoms with E-state index in [1.54, 1.807) is 17.2 Å². The first-order valence-corrected chi connectivity index (χ1v) is 13.1. The van der Waals surface area contributed by atoms with Gasteiger partial charge in [-0.25, -0.2) is 4.39 Å². The Bertz CT molecular complexity index is 1430. The molecule has 1 spiro atoms. The number of likely N-dealkylation sites (tertiary alicyclic amines) is 1. The molecule has 3 aromatic rings. The van der Waals surface area contributed by atoms with Crippen molar-refractivity contribution in [3.63, 3.8) is 0 Å². The van der Waals surface area contributed by atoms with Crippen molar-refractivity contribution in [2.75, 3.05) is 26.7 Å². The standard InChI is InChI=1S/C29H30FN3O5/c1-31-27(35)24(3-2-13-34)33-16-21-19(28(33)36)4-5-22-26(21)38-17-29(22)9-11-32(12-10-29)15-20-18-8-14-37-25(18)7-6-23(20)30/h4-8,13-14,24H,2-3,9-12,15-17H2,1H3,(H,31,35). The number of furan rings is 1. The molecule has 3 aliphatic heterocycles. The number of halogens is 1. The van der Waals surface area contributed by atoms with E-state index in [1.165, 1.54) is 13.1 Å². The number of nitrogens with one attached hydrogen (secondary N) is 1. The van der Waals surface area contributed by atoms with E-state index in [0.717, 1.165) is 54.5 Å². The normalized spacial score (nSPS) is 18.9. The van der Waals surface area contributed by atoms with Crippen molar-refractivity contribution in [3.05, 3.63) is 64.7 Å². The Morgan fingerprint density at radius 2 is 2.03 bits per heavy atom. The van der Waals surface area contributed by atoms with E-state index in [9.17, 15) is 18.8 Å².